The molecule has 196 valence electrons. The van der Waals surface area contributed by atoms with Gasteiger partial charge in [-0.1, -0.05) is 29.8 Å². The minimum absolute atomic E-state index is 0.0442. The van der Waals surface area contributed by atoms with Crippen molar-refractivity contribution in [2.24, 2.45) is 11.8 Å². The fourth-order valence-corrected chi connectivity index (χ4v) is 6.80. The van der Waals surface area contributed by atoms with E-state index < -0.39 is 33.7 Å². The minimum atomic E-state index is -3.88. The molecule has 3 aromatic rings. The summed E-state index contributed by atoms with van der Waals surface area (Å²) in [6.45, 7) is 7.48. The predicted molar refractivity (Wildman–Crippen MR) is 140 cm³/mol. The zero-order valence-corrected chi connectivity index (χ0v) is 22.4. The van der Waals surface area contributed by atoms with Gasteiger partial charge in [-0.15, -0.1) is 0 Å². The van der Waals surface area contributed by atoms with Crippen molar-refractivity contribution in [3.05, 3.63) is 77.6 Å². The molecule has 2 heterocycles. The van der Waals surface area contributed by atoms with Gasteiger partial charge in [-0.2, -0.15) is 9.40 Å². The minimum Gasteiger partial charge on any atom is -0.466 e. The first kappa shape index (κ1) is 26.8. The molecule has 1 saturated heterocycles. The molecule has 0 N–H and O–H groups in total. The molecule has 0 spiro atoms. The van der Waals surface area contributed by atoms with Gasteiger partial charge in [0.15, 0.2) is 0 Å². The average molecular weight is 524 g/mol. The van der Waals surface area contributed by atoms with Crippen LogP contribution in [0.25, 0.3) is 5.69 Å². The summed E-state index contributed by atoms with van der Waals surface area (Å²) < 4.78 is 35.9. The van der Waals surface area contributed by atoms with Gasteiger partial charge in [0.2, 0.25) is 10.0 Å². The van der Waals surface area contributed by atoms with Crippen LogP contribution in [0.1, 0.15) is 42.9 Å². The van der Waals surface area contributed by atoms with Gasteiger partial charge in [0.1, 0.15) is 5.78 Å². The summed E-state index contributed by atoms with van der Waals surface area (Å²) >= 11 is 0. The lowest BCUT2D eigenvalue weighted by atomic mass is 9.71. The molecule has 1 fully saturated rings. The van der Waals surface area contributed by atoms with Crippen LogP contribution in [0.3, 0.4) is 0 Å². The van der Waals surface area contributed by atoms with Crippen molar-refractivity contribution in [1.29, 1.82) is 0 Å². The van der Waals surface area contributed by atoms with Crippen LogP contribution < -0.4 is 0 Å². The topological polar surface area (TPSA) is 98.6 Å². The third-order valence-electron chi connectivity index (χ3n) is 6.98. The Bertz CT molecular complexity index is 1370. The van der Waals surface area contributed by atoms with Crippen molar-refractivity contribution < 1.29 is 22.7 Å². The number of aromatic nitrogens is 2. The van der Waals surface area contributed by atoms with Crippen molar-refractivity contribution in [1.82, 2.24) is 14.1 Å². The number of carbonyl (C=O) groups is 2. The fourth-order valence-electron chi connectivity index (χ4n) is 5.28. The molecule has 0 amide bonds. The van der Waals surface area contributed by atoms with Gasteiger partial charge in [0.05, 0.1) is 23.6 Å². The van der Waals surface area contributed by atoms with E-state index in [-0.39, 0.29) is 36.8 Å². The maximum atomic E-state index is 13.8. The van der Waals surface area contributed by atoms with Crippen LogP contribution in [-0.2, 0) is 24.3 Å². The van der Waals surface area contributed by atoms with E-state index in [2.05, 4.69) is 5.10 Å². The summed E-state index contributed by atoms with van der Waals surface area (Å²) in [6.07, 6.45) is 3.45. The van der Waals surface area contributed by atoms with Crippen LogP contribution in [-0.4, -0.2) is 54.0 Å². The lowest BCUT2D eigenvalue weighted by Gasteiger charge is -2.42. The molecule has 4 rings (SSSR count). The number of sulfonamides is 1. The SMILES string of the molecule is CCOC(=O)C[C@H]1CN(S(=O)(=O)c2ccc(C)cc2)C[C@H](c2ccc(C)cc2-n2cccn2)[C@H]1C(C)=O. The van der Waals surface area contributed by atoms with E-state index in [9.17, 15) is 18.0 Å². The van der Waals surface area contributed by atoms with Gasteiger partial charge in [-0.25, -0.2) is 13.1 Å². The highest BCUT2D eigenvalue weighted by Gasteiger charge is 2.45. The second kappa shape index (κ2) is 11.0. The molecule has 0 aliphatic carbocycles. The highest BCUT2D eigenvalue weighted by molar-refractivity contribution is 7.89. The van der Waals surface area contributed by atoms with E-state index in [1.165, 1.54) is 11.2 Å². The van der Waals surface area contributed by atoms with Crippen LogP contribution in [0.5, 0.6) is 0 Å². The standard InChI is InChI=1S/C28H33N3O5S/c1-5-36-27(33)16-22-17-30(37(34,35)23-10-7-19(2)8-11-23)18-25(28(22)21(4)32)24-12-9-20(3)15-26(24)31-14-6-13-29-31/h6-15,22,25,28H,5,16-18H2,1-4H3/t22-,25+,28-/m0/s1. The van der Waals surface area contributed by atoms with Crippen LogP contribution >= 0.6 is 0 Å². The van der Waals surface area contributed by atoms with E-state index in [0.717, 1.165) is 22.4 Å². The van der Waals surface area contributed by atoms with Crippen molar-refractivity contribution in [3.63, 3.8) is 0 Å². The zero-order chi connectivity index (χ0) is 26.7. The smallest absolute Gasteiger partial charge is 0.306 e. The zero-order valence-electron chi connectivity index (χ0n) is 21.6. The number of Topliss-reactive ketones (excluding diaryl/α,β-unsaturated/α-hetero) is 1. The number of aryl methyl sites for hydroxylation is 2. The number of ether oxygens (including phenoxy) is 1. The molecular formula is C28H33N3O5S. The van der Waals surface area contributed by atoms with E-state index in [0.29, 0.717) is 0 Å². The van der Waals surface area contributed by atoms with Crippen LogP contribution in [0.15, 0.2) is 65.8 Å². The number of ketones is 1. The lowest BCUT2D eigenvalue weighted by molar-refractivity contribution is -0.145. The number of hydrogen-bond acceptors (Lipinski definition) is 6. The molecule has 0 radical (unpaired) electrons. The number of rotatable bonds is 8. The second-order valence-corrected chi connectivity index (χ2v) is 11.6. The molecule has 3 atom stereocenters. The van der Waals surface area contributed by atoms with Crippen LogP contribution in [0.4, 0.5) is 0 Å². The Kier molecular flexibility index (Phi) is 7.94. The average Bonchev–Trinajstić information content (AvgIpc) is 3.39. The molecule has 8 nitrogen and oxygen atoms in total. The summed E-state index contributed by atoms with van der Waals surface area (Å²) in [5, 5.41) is 4.39. The Morgan fingerprint density at radius 3 is 2.38 bits per heavy atom. The van der Waals surface area contributed by atoms with Crippen molar-refractivity contribution in [2.45, 2.75) is 44.9 Å². The van der Waals surface area contributed by atoms with Crippen LogP contribution in [0, 0.1) is 25.7 Å². The molecule has 0 unspecified atom stereocenters. The Hall–Kier alpha value is -3.30. The van der Waals surface area contributed by atoms with E-state index in [4.69, 9.17) is 4.74 Å². The predicted octanol–water partition coefficient (Wildman–Crippen LogP) is 4.05. The van der Waals surface area contributed by atoms with E-state index >= 15 is 0 Å². The van der Waals surface area contributed by atoms with Gasteiger partial charge >= 0.3 is 5.97 Å². The van der Waals surface area contributed by atoms with E-state index in [1.807, 2.05) is 44.3 Å². The molecular weight excluding hydrogens is 490 g/mol. The molecule has 9 heteroatoms. The maximum absolute atomic E-state index is 13.8. The summed E-state index contributed by atoms with van der Waals surface area (Å²) in [4.78, 5) is 25.9. The van der Waals surface area contributed by atoms with Gasteiger partial charge < -0.3 is 4.74 Å². The van der Waals surface area contributed by atoms with Gasteiger partial charge in [0, 0.05) is 37.3 Å². The number of carbonyl (C=O) groups excluding carboxylic acids is 2. The van der Waals surface area contributed by atoms with Gasteiger partial charge in [0.25, 0.3) is 0 Å². The van der Waals surface area contributed by atoms with Crippen molar-refractivity contribution >= 4 is 21.8 Å². The molecule has 1 aliphatic heterocycles. The first-order valence-corrected chi connectivity index (χ1v) is 13.9. The Morgan fingerprint density at radius 1 is 1.05 bits per heavy atom. The number of nitrogens with zero attached hydrogens (tertiary/aromatic N) is 3. The van der Waals surface area contributed by atoms with Crippen LogP contribution in [0.2, 0.25) is 0 Å². The van der Waals surface area contributed by atoms with E-state index in [1.54, 1.807) is 42.1 Å². The normalized spacial score (nSPS) is 20.5. The van der Waals surface area contributed by atoms with Crippen molar-refractivity contribution in [3.8, 4) is 5.69 Å². The number of esters is 1. The summed E-state index contributed by atoms with van der Waals surface area (Å²) in [5.74, 6) is -2.11. The summed E-state index contributed by atoms with van der Waals surface area (Å²) in [5.41, 5.74) is 3.56. The lowest BCUT2D eigenvalue weighted by Crippen LogP contribution is -2.50. The maximum Gasteiger partial charge on any atom is 0.306 e. The van der Waals surface area contributed by atoms with Crippen molar-refractivity contribution in [2.75, 3.05) is 19.7 Å². The number of piperidine rings is 1. The molecule has 37 heavy (non-hydrogen) atoms. The first-order valence-electron chi connectivity index (χ1n) is 12.4. The fraction of sp³-hybridized carbons (Fsp3) is 0.393. The third kappa shape index (κ3) is 5.67. The Morgan fingerprint density at radius 2 is 1.76 bits per heavy atom. The highest BCUT2D eigenvalue weighted by atomic mass is 32.2. The molecule has 2 aromatic carbocycles. The number of hydrogen-bond donors (Lipinski definition) is 0. The molecule has 1 aromatic heterocycles. The third-order valence-corrected chi connectivity index (χ3v) is 8.82. The second-order valence-electron chi connectivity index (χ2n) is 9.66. The number of benzene rings is 2. The molecule has 1 aliphatic rings. The summed E-state index contributed by atoms with van der Waals surface area (Å²) in [6, 6.07) is 14.4. The molecule has 0 saturated carbocycles. The quantitative estimate of drug-likeness (QED) is 0.413. The highest BCUT2D eigenvalue weighted by Crippen LogP contribution is 2.42. The monoisotopic (exact) mass is 523 g/mol. The Balaban J connectivity index is 1.84. The van der Waals surface area contributed by atoms with Gasteiger partial charge in [-0.05, 0) is 69.0 Å². The first-order chi connectivity index (χ1) is 17.6. The Labute approximate surface area is 218 Å². The summed E-state index contributed by atoms with van der Waals surface area (Å²) in [7, 11) is -3.88. The largest absolute Gasteiger partial charge is 0.466 e. The molecule has 0 bridgehead atoms. The van der Waals surface area contributed by atoms with Gasteiger partial charge in [-0.3, -0.25) is 9.59 Å².